The summed E-state index contributed by atoms with van der Waals surface area (Å²) >= 11 is 0. The molecule has 0 spiro atoms. The summed E-state index contributed by atoms with van der Waals surface area (Å²) in [5, 5.41) is 20.0. The number of carbonyl (C=O) groups is 1. The van der Waals surface area contributed by atoms with Gasteiger partial charge in [0.25, 0.3) is 0 Å². The van der Waals surface area contributed by atoms with Crippen molar-refractivity contribution in [3.63, 3.8) is 0 Å². The summed E-state index contributed by atoms with van der Waals surface area (Å²) in [6.07, 6.45) is 0.896. The maximum atomic E-state index is 11.2. The number of anilines is 1. The fraction of sp³-hybridized carbons (Fsp3) is 0.545. The van der Waals surface area contributed by atoms with Gasteiger partial charge in [-0.3, -0.25) is 0 Å². The van der Waals surface area contributed by atoms with Crippen molar-refractivity contribution in [2.24, 2.45) is 0 Å². The molecule has 0 radical (unpaired) electrons. The summed E-state index contributed by atoms with van der Waals surface area (Å²) in [5.74, 6) is -0.619. The van der Waals surface area contributed by atoms with Crippen molar-refractivity contribution in [3.8, 4) is 0 Å². The molecular formula is C11H17N3O2. The van der Waals surface area contributed by atoms with E-state index in [1.165, 1.54) is 0 Å². The van der Waals surface area contributed by atoms with Crippen LogP contribution in [0.15, 0.2) is 0 Å². The van der Waals surface area contributed by atoms with E-state index in [1.807, 2.05) is 13.8 Å². The van der Waals surface area contributed by atoms with Gasteiger partial charge >= 0.3 is 5.97 Å². The highest BCUT2D eigenvalue weighted by atomic mass is 16.4. The third-order valence-electron chi connectivity index (χ3n) is 2.66. The lowest BCUT2D eigenvalue weighted by atomic mass is 10.1. The molecule has 1 heterocycles. The minimum Gasteiger partial charge on any atom is -0.478 e. The summed E-state index contributed by atoms with van der Waals surface area (Å²) in [6.45, 7) is 7.49. The number of aromatic carboxylic acids is 1. The van der Waals surface area contributed by atoms with Gasteiger partial charge in [-0.2, -0.15) is 5.10 Å². The van der Waals surface area contributed by atoms with Crippen LogP contribution in [0.3, 0.4) is 0 Å². The standard InChI is InChI=1S/C11H17N3O2/c1-5-6(2)12-10-9(11(15)16)7(3)8(4)13-14-10/h6H,5H2,1-4H3,(H,12,14)(H,15,16). The van der Waals surface area contributed by atoms with Crippen LogP contribution in [0.1, 0.15) is 41.9 Å². The second-order valence-corrected chi connectivity index (χ2v) is 3.89. The molecule has 1 atom stereocenters. The Morgan fingerprint density at radius 2 is 2.06 bits per heavy atom. The molecule has 1 aromatic rings. The summed E-state index contributed by atoms with van der Waals surface area (Å²) in [5.41, 5.74) is 1.52. The molecule has 0 aliphatic rings. The molecule has 1 rings (SSSR count). The Bertz CT molecular complexity index is 404. The average Bonchev–Trinajstić information content (AvgIpc) is 2.23. The molecule has 1 aromatic heterocycles. The molecule has 88 valence electrons. The van der Waals surface area contributed by atoms with Gasteiger partial charge in [-0.05, 0) is 32.8 Å². The van der Waals surface area contributed by atoms with Crippen molar-refractivity contribution < 1.29 is 9.90 Å². The lowest BCUT2D eigenvalue weighted by molar-refractivity contribution is 0.0696. The van der Waals surface area contributed by atoms with E-state index in [0.717, 1.165) is 6.42 Å². The highest BCUT2D eigenvalue weighted by molar-refractivity contribution is 5.94. The summed E-state index contributed by atoms with van der Waals surface area (Å²) < 4.78 is 0. The van der Waals surface area contributed by atoms with Crippen LogP contribution in [0, 0.1) is 13.8 Å². The second-order valence-electron chi connectivity index (χ2n) is 3.89. The first-order valence-electron chi connectivity index (χ1n) is 5.31. The molecule has 5 heteroatoms. The van der Waals surface area contributed by atoms with Gasteiger partial charge in [-0.15, -0.1) is 5.10 Å². The number of carboxylic acids is 1. The molecule has 1 unspecified atom stereocenters. The predicted molar refractivity (Wildman–Crippen MR) is 61.8 cm³/mol. The number of hydrogen-bond acceptors (Lipinski definition) is 4. The third-order valence-corrected chi connectivity index (χ3v) is 2.66. The van der Waals surface area contributed by atoms with Crippen LogP contribution in [0.25, 0.3) is 0 Å². The minimum atomic E-state index is -0.971. The van der Waals surface area contributed by atoms with E-state index < -0.39 is 5.97 Å². The van der Waals surface area contributed by atoms with E-state index in [9.17, 15) is 4.79 Å². The average molecular weight is 223 g/mol. The largest absolute Gasteiger partial charge is 0.478 e. The van der Waals surface area contributed by atoms with E-state index >= 15 is 0 Å². The first-order valence-corrected chi connectivity index (χ1v) is 5.31. The zero-order chi connectivity index (χ0) is 12.3. The maximum Gasteiger partial charge on any atom is 0.339 e. The molecule has 0 fully saturated rings. The highest BCUT2D eigenvalue weighted by Gasteiger charge is 2.18. The summed E-state index contributed by atoms with van der Waals surface area (Å²) in [7, 11) is 0. The van der Waals surface area contributed by atoms with Crippen molar-refractivity contribution in [2.45, 2.75) is 40.2 Å². The topological polar surface area (TPSA) is 75.1 Å². The normalized spacial score (nSPS) is 12.2. The molecule has 0 aliphatic carbocycles. The molecular weight excluding hydrogens is 206 g/mol. The Hall–Kier alpha value is -1.65. The Balaban J connectivity index is 3.18. The molecule has 2 N–H and O–H groups in total. The van der Waals surface area contributed by atoms with E-state index in [2.05, 4.69) is 15.5 Å². The lowest BCUT2D eigenvalue weighted by Gasteiger charge is -2.15. The first-order chi connectivity index (χ1) is 7.47. The SMILES string of the molecule is CCC(C)Nc1nnc(C)c(C)c1C(=O)O. The number of nitrogens with one attached hydrogen (secondary N) is 1. The zero-order valence-corrected chi connectivity index (χ0v) is 10.0. The predicted octanol–water partition coefficient (Wildman–Crippen LogP) is 2.00. The van der Waals surface area contributed by atoms with Gasteiger partial charge < -0.3 is 10.4 Å². The van der Waals surface area contributed by atoms with Crippen LogP contribution in [0.5, 0.6) is 0 Å². The zero-order valence-electron chi connectivity index (χ0n) is 10.0. The first kappa shape index (κ1) is 12.4. The molecule has 0 saturated carbocycles. The van der Waals surface area contributed by atoms with E-state index in [4.69, 9.17) is 5.11 Å². The highest BCUT2D eigenvalue weighted by Crippen LogP contribution is 2.19. The van der Waals surface area contributed by atoms with Crippen LogP contribution in [-0.2, 0) is 0 Å². The molecule has 0 amide bonds. The van der Waals surface area contributed by atoms with Crippen LogP contribution in [-0.4, -0.2) is 27.3 Å². The number of aromatic nitrogens is 2. The Morgan fingerprint density at radius 1 is 1.44 bits per heavy atom. The summed E-state index contributed by atoms with van der Waals surface area (Å²) in [6, 6.07) is 0.175. The van der Waals surface area contributed by atoms with Gasteiger partial charge in [0, 0.05) is 6.04 Å². The van der Waals surface area contributed by atoms with E-state index in [1.54, 1.807) is 13.8 Å². The van der Waals surface area contributed by atoms with Crippen molar-refractivity contribution in [1.29, 1.82) is 0 Å². The van der Waals surface area contributed by atoms with Gasteiger partial charge in [-0.25, -0.2) is 4.79 Å². The number of carboxylic acid groups (broad SMARTS) is 1. The van der Waals surface area contributed by atoms with Gasteiger partial charge in [0.2, 0.25) is 0 Å². The molecule has 0 aliphatic heterocycles. The van der Waals surface area contributed by atoms with Crippen LogP contribution >= 0.6 is 0 Å². The minimum absolute atomic E-state index is 0.175. The quantitative estimate of drug-likeness (QED) is 0.816. The maximum absolute atomic E-state index is 11.2. The molecule has 0 saturated heterocycles. The molecule has 16 heavy (non-hydrogen) atoms. The van der Waals surface area contributed by atoms with Crippen molar-refractivity contribution in [1.82, 2.24) is 10.2 Å². The van der Waals surface area contributed by atoms with Crippen molar-refractivity contribution in [2.75, 3.05) is 5.32 Å². The van der Waals surface area contributed by atoms with Gasteiger partial charge in [0.15, 0.2) is 5.82 Å². The fourth-order valence-electron chi connectivity index (χ4n) is 1.31. The second kappa shape index (κ2) is 4.92. The van der Waals surface area contributed by atoms with Crippen LogP contribution < -0.4 is 5.32 Å². The van der Waals surface area contributed by atoms with E-state index in [-0.39, 0.29) is 11.6 Å². The number of hydrogen-bond donors (Lipinski definition) is 2. The van der Waals surface area contributed by atoms with Crippen LogP contribution in [0.4, 0.5) is 5.82 Å². The number of rotatable bonds is 4. The molecule has 0 bridgehead atoms. The molecule has 0 aromatic carbocycles. The van der Waals surface area contributed by atoms with Gasteiger partial charge in [0.1, 0.15) is 5.56 Å². The fourth-order valence-corrected chi connectivity index (χ4v) is 1.31. The smallest absolute Gasteiger partial charge is 0.339 e. The number of aryl methyl sites for hydroxylation is 1. The van der Waals surface area contributed by atoms with Crippen molar-refractivity contribution >= 4 is 11.8 Å². The Labute approximate surface area is 94.9 Å². The Morgan fingerprint density at radius 3 is 2.56 bits per heavy atom. The lowest BCUT2D eigenvalue weighted by Crippen LogP contribution is -2.19. The Kier molecular flexibility index (Phi) is 3.82. The number of nitrogens with zero attached hydrogens (tertiary/aromatic N) is 2. The van der Waals surface area contributed by atoms with Gasteiger partial charge in [0.05, 0.1) is 5.69 Å². The van der Waals surface area contributed by atoms with Crippen LogP contribution in [0.2, 0.25) is 0 Å². The van der Waals surface area contributed by atoms with Gasteiger partial charge in [-0.1, -0.05) is 6.92 Å². The summed E-state index contributed by atoms with van der Waals surface area (Å²) in [4.78, 5) is 11.2. The third kappa shape index (κ3) is 2.48. The monoisotopic (exact) mass is 223 g/mol. The molecule has 5 nitrogen and oxygen atoms in total. The van der Waals surface area contributed by atoms with E-state index in [0.29, 0.717) is 17.1 Å². The van der Waals surface area contributed by atoms with Crippen molar-refractivity contribution in [3.05, 3.63) is 16.8 Å².